The average Bonchev–Trinajstić information content (AvgIpc) is 2.71. The SMILES string of the molecule is CCNC(COC)c1cc2cc(C)ccc2o1. The van der Waals surface area contributed by atoms with Crippen LogP contribution in [0.3, 0.4) is 0 Å². The van der Waals surface area contributed by atoms with E-state index in [9.17, 15) is 0 Å². The second-order valence-corrected chi connectivity index (χ2v) is 4.26. The van der Waals surface area contributed by atoms with Crippen molar-refractivity contribution in [2.75, 3.05) is 20.3 Å². The number of benzene rings is 1. The van der Waals surface area contributed by atoms with E-state index >= 15 is 0 Å². The summed E-state index contributed by atoms with van der Waals surface area (Å²) in [5.74, 6) is 0.939. The molecule has 0 amide bonds. The van der Waals surface area contributed by atoms with Crippen LogP contribution in [0.5, 0.6) is 0 Å². The summed E-state index contributed by atoms with van der Waals surface area (Å²) in [6.07, 6.45) is 0. The van der Waals surface area contributed by atoms with Gasteiger partial charge in [0.15, 0.2) is 0 Å². The van der Waals surface area contributed by atoms with Crippen molar-refractivity contribution < 1.29 is 9.15 Å². The lowest BCUT2D eigenvalue weighted by Gasteiger charge is -2.13. The maximum Gasteiger partial charge on any atom is 0.134 e. The number of rotatable bonds is 5. The summed E-state index contributed by atoms with van der Waals surface area (Å²) in [6, 6.07) is 8.43. The lowest BCUT2D eigenvalue weighted by atomic mass is 10.1. The second kappa shape index (κ2) is 5.34. The molecule has 0 saturated carbocycles. The standard InChI is InChI=1S/C14H19NO2/c1-4-15-12(9-16-3)14-8-11-7-10(2)5-6-13(11)17-14/h5-8,12,15H,4,9H2,1-3H3. The van der Waals surface area contributed by atoms with Gasteiger partial charge in [-0.25, -0.2) is 0 Å². The lowest BCUT2D eigenvalue weighted by molar-refractivity contribution is 0.159. The van der Waals surface area contributed by atoms with Crippen LogP contribution in [0.15, 0.2) is 28.7 Å². The Labute approximate surface area is 102 Å². The summed E-state index contributed by atoms with van der Waals surface area (Å²) >= 11 is 0. The minimum absolute atomic E-state index is 0.123. The number of likely N-dealkylation sites (N-methyl/N-ethyl adjacent to an activating group) is 1. The second-order valence-electron chi connectivity index (χ2n) is 4.26. The summed E-state index contributed by atoms with van der Waals surface area (Å²) in [6.45, 7) is 5.68. The Balaban J connectivity index is 2.33. The van der Waals surface area contributed by atoms with Crippen molar-refractivity contribution in [2.24, 2.45) is 0 Å². The van der Waals surface area contributed by atoms with Gasteiger partial charge in [-0.2, -0.15) is 0 Å². The monoisotopic (exact) mass is 233 g/mol. The van der Waals surface area contributed by atoms with Gasteiger partial charge in [-0.1, -0.05) is 18.6 Å². The van der Waals surface area contributed by atoms with Gasteiger partial charge in [0.25, 0.3) is 0 Å². The molecular formula is C14H19NO2. The summed E-state index contributed by atoms with van der Waals surface area (Å²) < 4.78 is 11.1. The molecule has 1 unspecified atom stereocenters. The normalized spacial score (nSPS) is 13.1. The Morgan fingerprint density at radius 1 is 1.35 bits per heavy atom. The highest BCUT2D eigenvalue weighted by atomic mass is 16.5. The number of methoxy groups -OCH3 is 1. The summed E-state index contributed by atoms with van der Waals surface area (Å²) in [5.41, 5.74) is 2.18. The average molecular weight is 233 g/mol. The van der Waals surface area contributed by atoms with Crippen LogP contribution >= 0.6 is 0 Å². The molecule has 0 aliphatic carbocycles. The van der Waals surface area contributed by atoms with Gasteiger partial charge in [0.05, 0.1) is 12.6 Å². The lowest BCUT2D eigenvalue weighted by Crippen LogP contribution is -2.24. The molecule has 1 heterocycles. The van der Waals surface area contributed by atoms with Crippen LogP contribution in [-0.4, -0.2) is 20.3 Å². The molecule has 1 aromatic carbocycles. The number of ether oxygens (including phenoxy) is 1. The zero-order valence-electron chi connectivity index (χ0n) is 10.6. The largest absolute Gasteiger partial charge is 0.459 e. The maximum atomic E-state index is 5.85. The maximum absolute atomic E-state index is 5.85. The molecule has 0 aliphatic heterocycles. The molecule has 1 aromatic heterocycles. The molecule has 0 saturated heterocycles. The molecule has 0 aliphatic rings. The predicted octanol–water partition coefficient (Wildman–Crippen LogP) is 3.04. The Hall–Kier alpha value is -1.32. The van der Waals surface area contributed by atoms with Crippen molar-refractivity contribution in [1.29, 1.82) is 0 Å². The van der Waals surface area contributed by atoms with E-state index in [4.69, 9.17) is 9.15 Å². The van der Waals surface area contributed by atoms with Gasteiger partial charge >= 0.3 is 0 Å². The Morgan fingerprint density at radius 3 is 2.88 bits per heavy atom. The van der Waals surface area contributed by atoms with Gasteiger partial charge < -0.3 is 14.5 Å². The van der Waals surface area contributed by atoms with E-state index < -0.39 is 0 Å². The van der Waals surface area contributed by atoms with Crippen molar-refractivity contribution in [3.63, 3.8) is 0 Å². The van der Waals surface area contributed by atoms with Crippen molar-refractivity contribution >= 4 is 11.0 Å². The van der Waals surface area contributed by atoms with Crippen molar-refractivity contribution in [3.05, 3.63) is 35.6 Å². The molecule has 3 nitrogen and oxygen atoms in total. The van der Waals surface area contributed by atoms with Crippen LogP contribution in [0.25, 0.3) is 11.0 Å². The zero-order chi connectivity index (χ0) is 12.3. The molecular weight excluding hydrogens is 214 g/mol. The molecule has 0 spiro atoms. The fourth-order valence-electron chi connectivity index (χ4n) is 2.01. The molecule has 0 bridgehead atoms. The van der Waals surface area contributed by atoms with Crippen LogP contribution in [0, 0.1) is 6.92 Å². The Bertz CT molecular complexity index is 484. The van der Waals surface area contributed by atoms with Gasteiger partial charge in [-0.3, -0.25) is 0 Å². The highest BCUT2D eigenvalue weighted by Crippen LogP contribution is 2.25. The quantitative estimate of drug-likeness (QED) is 0.862. The highest BCUT2D eigenvalue weighted by molar-refractivity contribution is 5.78. The summed E-state index contributed by atoms with van der Waals surface area (Å²) in [4.78, 5) is 0. The van der Waals surface area contributed by atoms with Gasteiger partial charge in [-0.15, -0.1) is 0 Å². The van der Waals surface area contributed by atoms with Crippen molar-refractivity contribution in [1.82, 2.24) is 5.32 Å². The molecule has 3 heteroatoms. The van der Waals surface area contributed by atoms with E-state index in [2.05, 4.69) is 37.4 Å². The fraction of sp³-hybridized carbons (Fsp3) is 0.429. The molecule has 0 radical (unpaired) electrons. The molecule has 0 fully saturated rings. The third-order valence-electron chi connectivity index (χ3n) is 2.82. The zero-order valence-corrected chi connectivity index (χ0v) is 10.6. The number of aryl methyl sites for hydroxylation is 1. The summed E-state index contributed by atoms with van der Waals surface area (Å²) in [7, 11) is 1.71. The first kappa shape index (κ1) is 12.1. The number of nitrogens with one attached hydrogen (secondary N) is 1. The van der Waals surface area contributed by atoms with Crippen molar-refractivity contribution in [2.45, 2.75) is 19.9 Å². The van der Waals surface area contributed by atoms with E-state index in [-0.39, 0.29) is 6.04 Å². The molecule has 2 aromatic rings. The van der Waals surface area contributed by atoms with Crippen LogP contribution in [0.1, 0.15) is 24.3 Å². The molecule has 17 heavy (non-hydrogen) atoms. The van der Waals surface area contributed by atoms with Crippen LogP contribution in [0.2, 0.25) is 0 Å². The van der Waals surface area contributed by atoms with E-state index in [0.29, 0.717) is 6.61 Å². The first-order valence-corrected chi connectivity index (χ1v) is 5.97. The van der Waals surface area contributed by atoms with Gasteiger partial charge in [0.1, 0.15) is 11.3 Å². The number of hydrogen-bond acceptors (Lipinski definition) is 3. The van der Waals surface area contributed by atoms with Crippen LogP contribution in [0.4, 0.5) is 0 Å². The third-order valence-corrected chi connectivity index (χ3v) is 2.82. The topological polar surface area (TPSA) is 34.4 Å². The Morgan fingerprint density at radius 2 is 2.18 bits per heavy atom. The van der Waals surface area contributed by atoms with Gasteiger partial charge in [0.2, 0.25) is 0 Å². The fourth-order valence-corrected chi connectivity index (χ4v) is 2.01. The molecule has 1 atom stereocenters. The molecule has 1 N–H and O–H groups in total. The van der Waals surface area contributed by atoms with E-state index in [1.165, 1.54) is 5.56 Å². The van der Waals surface area contributed by atoms with E-state index in [0.717, 1.165) is 23.3 Å². The highest BCUT2D eigenvalue weighted by Gasteiger charge is 2.15. The predicted molar refractivity (Wildman–Crippen MR) is 69.2 cm³/mol. The Kier molecular flexibility index (Phi) is 3.82. The first-order valence-electron chi connectivity index (χ1n) is 5.97. The van der Waals surface area contributed by atoms with E-state index in [1.54, 1.807) is 7.11 Å². The van der Waals surface area contributed by atoms with Crippen LogP contribution in [-0.2, 0) is 4.74 Å². The van der Waals surface area contributed by atoms with Gasteiger partial charge in [0, 0.05) is 12.5 Å². The number of fused-ring (bicyclic) bond motifs is 1. The smallest absolute Gasteiger partial charge is 0.134 e. The minimum atomic E-state index is 0.123. The molecule has 2 rings (SSSR count). The molecule has 92 valence electrons. The first-order chi connectivity index (χ1) is 8.24. The van der Waals surface area contributed by atoms with Crippen LogP contribution < -0.4 is 5.32 Å². The van der Waals surface area contributed by atoms with Gasteiger partial charge in [-0.05, 0) is 31.7 Å². The third kappa shape index (κ3) is 2.68. The minimum Gasteiger partial charge on any atom is -0.459 e. The summed E-state index contributed by atoms with van der Waals surface area (Å²) in [5, 5.41) is 4.51. The van der Waals surface area contributed by atoms with Crippen molar-refractivity contribution in [3.8, 4) is 0 Å². The number of furan rings is 1. The number of hydrogen-bond donors (Lipinski definition) is 1. The van der Waals surface area contributed by atoms with E-state index in [1.807, 2.05) is 6.07 Å².